The van der Waals surface area contributed by atoms with Crippen molar-refractivity contribution >= 4 is 11.6 Å². The Hall–Kier alpha value is -1.60. The van der Waals surface area contributed by atoms with Gasteiger partial charge in [0.15, 0.2) is 0 Å². The number of halogens is 3. The van der Waals surface area contributed by atoms with E-state index >= 15 is 0 Å². The lowest BCUT2D eigenvalue weighted by atomic mass is 10.1. The number of anilines is 1. The van der Waals surface area contributed by atoms with E-state index in [9.17, 15) is 18.0 Å². The summed E-state index contributed by atoms with van der Waals surface area (Å²) >= 11 is 0. The molecule has 2 N–H and O–H groups in total. The molecule has 21 heavy (non-hydrogen) atoms. The van der Waals surface area contributed by atoms with Crippen molar-refractivity contribution in [1.82, 2.24) is 10.2 Å². The molecule has 4 nitrogen and oxygen atoms in total. The number of rotatable bonds is 3. The summed E-state index contributed by atoms with van der Waals surface area (Å²) in [5.74, 6) is -0.423. The Bertz CT molecular complexity index is 483. The van der Waals surface area contributed by atoms with Gasteiger partial charge in [-0.2, -0.15) is 13.2 Å². The Morgan fingerprint density at radius 2 is 2.00 bits per heavy atom. The van der Waals surface area contributed by atoms with Gasteiger partial charge in [-0.05, 0) is 31.6 Å². The molecule has 1 aliphatic heterocycles. The summed E-state index contributed by atoms with van der Waals surface area (Å²) in [5, 5.41) is 5.57. The molecule has 0 saturated carbocycles. The molecule has 0 atom stereocenters. The Morgan fingerprint density at radius 3 is 2.76 bits per heavy atom. The highest BCUT2D eigenvalue weighted by molar-refractivity contribution is 5.93. The van der Waals surface area contributed by atoms with Gasteiger partial charge in [-0.15, -0.1) is 0 Å². The molecule has 0 radical (unpaired) electrons. The van der Waals surface area contributed by atoms with Crippen LogP contribution in [0.1, 0.15) is 12.0 Å². The van der Waals surface area contributed by atoms with Gasteiger partial charge in [0, 0.05) is 13.1 Å². The molecule has 1 fully saturated rings. The summed E-state index contributed by atoms with van der Waals surface area (Å²) in [5.41, 5.74) is -1.01. The van der Waals surface area contributed by atoms with Gasteiger partial charge in [0.1, 0.15) is 0 Å². The first-order valence-electron chi connectivity index (χ1n) is 6.86. The van der Waals surface area contributed by atoms with Crippen LogP contribution in [0, 0.1) is 0 Å². The number of amides is 1. The molecule has 1 aromatic carbocycles. The van der Waals surface area contributed by atoms with E-state index in [0.29, 0.717) is 6.54 Å². The third-order valence-corrected chi connectivity index (χ3v) is 3.31. The van der Waals surface area contributed by atoms with Gasteiger partial charge in [-0.3, -0.25) is 9.69 Å². The van der Waals surface area contributed by atoms with Crippen LogP contribution < -0.4 is 10.6 Å². The summed E-state index contributed by atoms with van der Waals surface area (Å²) in [6.45, 7) is 3.27. The molecule has 1 aliphatic rings. The Kier molecular flexibility index (Phi) is 5.19. The van der Waals surface area contributed by atoms with Crippen LogP contribution in [-0.2, 0) is 11.0 Å². The first-order valence-corrected chi connectivity index (χ1v) is 6.86. The van der Waals surface area contributed by atoms with Gasteiger partial charge in [0.25, 0.3) is 0 Å². The fourth-order valence-electron chi connectivity index (χ4n) is 2.29. The molecular weight excluding hydrogens is 283 g/mol. The fourth-order valence-corrected chi connectivity index (χ4v) is 2.29. The van der Waals surface area contributed by atoms with Gasteiger partial charge in [0.05, 0.1) is 17.8 Å². The van der Waals surface area contributed by atoms with E-state index in [-0.39, 0.29) is 12.2 Å². The zero-order chi connectivity index (χ0) is 15.3. The van der Waals surface area contributed by atoms with Gasteiger partial charge in [-0.25, -0.2) is 0 Å². The lowest BCUT2D eigenvalue weighted by Crippen LogP contribution is -2.36. The molecule has 0 spiro atoms. The van der Waals surface area contributed by atoms with E-state index in [1.807, 2.05) is 4.90 Å². The van der Waals surface area contributed by atoms with Gasteiger partial charge >= 0.3 is 6.18 Å². The van der Waals surface area contributed by atoms with Gasteiger partial charge in [0.2, 0.25) is 5.91 Å². The molecule has 0 aromatic heterocycles. The number of nitrogens with zero attached hydrogens (tertiary/aromatic N) is 1. The highest BCUT2D eigenvalue weighted by Gasteiger charge is 2.33. The van der Waals surface area contributed by atoms with Gasteiger partial charge < -0.3 is 10.6 Å². The zero-order valence-corrected chi connectivity index (χ0v) is 11.5. The van der Waals surface area contributed by atoms with Crippen molar-refractivity contribution in [2.75, 3.05) is 38.0 Å². The van der Waals surface area contributed by atoms with E-state index in [1.54, 1.807) is 0 Å². The summed E-state index contributed by atoms with van der Waals surface area (Å²) in [7, 11) is 0. The van der Waals surface area contributed by atoms with Crippen LogP contribution in [0.3, 0.4) is 0 Å². The minimum atomic E-state index is -4.48. The molecule has 1 heterocycles. The van der Waals surface area contributed by atoms with Crippen molar-refractivity contribution in [3.05, 3.63) is 29.8 Å². The number of nitrogens with one attached hydrogen (secondary N) is 2. The number of benzene rings is 1. The number of hydrogen-bond acceptors (Lipinski definition) is 3. The second-order valence-corrected chi connectivity index (χ2v) is 4.97. The second kappa shape index (κ2) is 6.91. The first-order chi connectivity index (χ1) is 9.97. The molecular formula is C14H18F3N3O. The minimum absolute atomic E-state index is 0.105. The van der Waals surface area contributed by atoms with Crippen molar-refractivity contribution in [2.24, 2.45) is 0 Å². The van der Waals surface area contributed by atoms with E-state index in [2.05, 4.69) is 10.6 Å². The van der Waals surface area contributed by atoms with Crippen LogP contribution in [0.2, 0.25) is 0 Å². The van der Waals surface area contributed by atoms with Crippen LogP contribution in [0.25, 0.3) is 0 Å². The summed E-state index contributed by atoms with van der Waals surface area (Å²) in [6, 6.07) is 5.01. The number of carbonyl (C=O) groups excluding carboxylic acids is 1. The molecule has 116 valence electrons. The molecule has 1 amide bonds. The maximum Gasteiger partial charge on any atom is 0.418 e. The maximum absolute atomic E-state index is 12.8. The lowest BCUT2D eigenvalue weighted by molar-refractivity contribution is -0.137. The standard InChI is InChI=1S/C14H18F3N3O/c15-14(16,17)11-4-1-2-5-12(11)19-13(21)10-20-8-3-6-18-7-9-20/h1-2,4-5,18H,3,6-10H2,(H,19,21). The number of hydrogen-bond donors (Lipinski definition) is 2. The van der Waals surface area contributed by atoms with Gasteiger partial charge in [-0.1, -0.05) is 12.1 Å². The average molecular weight is 301 g/mol. The van der Waals surface area contributed by atoms with Crippen LogP contribution in [0.5, 0.6) is 0 Å². The van der Waals surface area contributed by atoms with Crippen molar-refractivity contribution in [3.8, 4) is 0 Å². The molecule has 0 bridgehead atoms. The minimum Gasteiger partial charge on any atom is -0.324 e. The Labute approximate surface area is 121 Å². The number of carbonyl (C=O) groups is 1. The molecule has 7 heteroatoms. The first kappa shape index (κ1) is 15.8. The monoisotopic (exact) mass is 301 g/mol. The van der Waals surface area contributed by atoms with Crippen LogP contribution in [0.15, 0.2) is 24.3 Å². The highest BCUT2D eigenvalue weighted by atomic mass is 19.4. The third-order valence-electron chi connectivity index (χ3n) is 3.31. The van der Waals surface area contributed by atoms with Crippen molar-refractivity contribution in [2.45, 2.75) is 12.6 Å². The van der Waals surface area contributed by atoms with E-state index in [1.165, 1.54) is 18.2 Å². The van der Waals surface area contributed by atoms with Crippen molar-refractivity contribution in [1.29, 1.82) is 0 Å². The Balaban J connectivity index is 1.99. The molecule has 1 saturated heterocycles. The third kappa shape index (κ3) is 4.71. The highest BCUT2D eigenvalue weighted by Crippen LogP contribution is 2.34. The molecule has 0 aliphatic carbocycles. The van der Waals surface area contributed by atoms with Crippen molar-refractivity contribution in [3.63, 3.8) is 0 Å². The Morgan fingerprint density at radius 1 is 1.24 bits per heavy atom. The predicted octanol–water partition coefficient (Wildman–Crippen LogP) is 1.94. The zero-order valence-electron chi connectivity index (χ0n) is 11.5. The van der Waals surface area contributed by atoms with Crippen LogP contribution >= 0.6 is 0 Å². The smallest absolute Gasteiger partial charge is 0.324 e. The topological polar surface area (TPSA) is 44.4 Å². The van der Waals surface area contributed by atoms with Crippen LogP contribution in [-0.4, -0.2) is 43.5 Å². The molecule has 2 rings (SSSR count). The lowest BCUT2D eigenvalue weighted by Gasteiger charge is -2.19. The summed E-state index contributed by atoms with van der Waals surface area (Å²) in [6.07, 6.45) is -3.55. The summed E-state index contributed by atoms with van der Waals surface area (Å²) in [4.78, 5) is 13.9. The fraction of sp³-hybridized carbons (Fsp3) is 0.500. The molecule has 1 aromatic rings. The van der Waals surface area contributed by atoms with Crippen LogP contribution in [0.4, 0.5) is 18.9 Å². The van der Waals surface area contributed by atoms with Crippen molar-refractivity contribution < 1.29 is 18.0 Å². The quantitative estimate of drug-likeness (QED) is 0.897. The SMILES string of the molecule is O=C(CN1CCCNCC1)Nc1ccccc1C(F)(F)F. The van der Waals surface area contributed by atoms with E-state index in [4.69, 9.17) is 0 Å². The number of para-hydroxylation sites is 1. The number of alkyl halides is 3. The largest absolute Gasteiger partial charge is 0.418 e. The summed E-state index contributed by atoms with van der Waals surface area (Å²) < 4.78 is 38.5. The average Bonchev–Trinajstić information content (AvgIpc) is 2.66. The maximum atomic E-state index is 12.8. The predicted molar refractivity (Wildman–Crippen MR) is 74.0 cm³/mol. The second-order valence-electron chi connectivity index (χ2n) is 4.97. The van der Waals surface area contributed by atoms with E-state index < -0.39 is 17.6 Å². The van der Waals surface area contributed by atoms with E-state index in [0.717, 1.165) is 32.1 Å². The molecule has 0 unspecified atom stereocenters. The normalized spacial score (nSPS) is 17.3.